The van der Waals surface area contributed by atoms with Gasteiger partial charge in [-0.05, 0) is 67.4 Å². The van der Waals surface area contributed by atoms with Crippen LogP contribution in [0.1, 0.15) is 19.3 Å². The highest BCUT2D eigenvalue weighted by Crippen LogP contribution is 2.23. The fourth-order valence-corrected chi connectivity index (χ4v) is 3.50. The molecule has 124 valence electrons. The second-order valence-electron chi connectivity index (χ2n) is 5.97. The summed E-state index contributed by atoms with van der Waals surface area (Å²) in [5.74, 6) is 0.755. The fraction of sp³-hybridized carbons (Fsp3) is 0.412. The summed E-state index contributed by atoms with van der Waals surface area (Å²) in [6.45, 7) is 4.14. The molecule has 1 heterocycles. The zero-order chi connectivity index (χ0) is 16.3. The van der Waals surface area contributed by atoms with E-state index in [1.807, 2.05) is 18.2 Å². The van der Waals surface area contributed by atoms with Crippen molar-refractivity contribution in [1.29, 1.82) is 0 Å². The fourth-order valence-electron chi connectivity index (χ4n) is 2.95. The van der Waals surface area contributed by atoms with E-state index in [1.54, 1.807) is 12.1 Å². The van der Waals surface area contributed by atoms with Gasteiger partial charge in [0, 0.05) is 6.54 Å². The molecule has 0 aromatic heterocycles. The lowest BCUT2D eigenvalue weighted by Gasteiger charge is -2.14. The molecule has 6 heteroatoms. The van der Waals surface area contributed by atoms with Gasteiger partial charge in [0.05, 0.1) is 11.5 Å². The summed E-state index contributed by atoms with van der Waals surface area (Å²) in [7, 11) is -3.68. The molecule has 0 aliphatic carbocycles. The maximum atomic E-state index is 11.4. The van der Waals surface area contributed by atoms with E-state index in [0.29, 0.717) is 6.61 Å². The third kappa shape index (κ3) is 4.22. The summed E-state index contributed by atoms with van der Waals surface area (Å²) in [5.41, 5.74) is 0. The molecule has 1 saturated heterocycles. The maximum Gasteiger partial charge on any atom is 0.238 e. The van der Waals surface area contributed by atoms with Crippen LogP contribution in [0.5, 0.6) is 5.75 Å². The first-order valence-corrected chi connectivity index (χ1v) is 9.49. The Morgan fingerprint density at radius 1 is 1.04 bits per heavy atom. The van der Waals surface area contributed by atoms with Crippen LogP contribution in [0.25, 0.3) is 10.8 Å². The molecule has 3 rings (SSSR count). The van der Waals surface area contributed by atoms with Crippen LogP contribution < -0.4 is 9.88 Å². The minimum atomic E-state index is -3.68. The Bertz CT molecular complexity index is 784. The summed E-state index contributed by atoms with van der Waals surface area (Å²) in [6, 6.07) is 10.6. The van der Waals surface area contributed by atoms with E-state index in [2.05, 4.69) is 4.90 Å². The molecular formula is C17H22N2O3S. The molecule has 0 saturated carbocycles. The van der Waals surface area contributed by atoms with Gasteiger partial charge in [-0.3, -0.25) is 0 Å². The number of likely N-dealkylation sites (tertiary alicyclic amines) is 1. The molecule has 0 atom stereocenters. The smallest absolute Gasteiger partial charge is 0.238 e. The first-order valence-electron chi connectivity index (χ1n) is 7.94. The molecule has 5 nitrogen and oxygen atoms in total. The van der Waals surface area contributed by atoms with Gasteiger partial charge in [0.25, 0.3) is 0 Å². The second kappa shape index (κ2) is 6.86. The molecule has 2 aromatic carbocycles. The highest BCUT2D eigenvalue weighted by Gasteiger charge is 2.11. The maximum absolute atomic E-state index is 11.4. The van der Waals surface area contributed by atoms with Gasteiger partial charge in [-0.1, -0.05) is 12.1 Å². The molecule has 2 aromatic rings. The number of hydrogen-bond donors (Lipinski definition) is 1. The Morgan fingerprint density at radius 2 is 1.78 bits per heavy atom. The number of ether oxygens (including phenoxy) is 1. The lowest BCUT2D eigenvalue weighted by Crippen LogP contribution is -2.21. The van der Waals surface area contributed by atoms with Crippen LogP contribution in [-0.4, -0.2) is 39.6 Å². The van der Waals surface area contributed by atoms with Gasteiger partial charge in [0.2, 0.25) is 10.0 Å². The van der Waals surface area contributed by atoms with Crippen molar-refractivity contribution in [3.63, 3.8) is 0 Å². The normalized spacial score (nSPS) is 16.0. The number of primary sulfonamides is 1. The predicted molar refractivity (Wildman–Crippen MR) is 91.1 cm³/mol. The van der Waals surface area contributed by atoms with Crippen LogP contribution in [0, 0.1) is 0 Å². The first-order chi connectivity index (χ1) is 11.0. The topological polar surface area (TPSA) is 72.6 Å². The average Bonchev–Trinajstić information content (AvgIpc) is 3.03. The highest BCUT2D eigenvalue weighted by molar-refractivity contribution is 7.89. The van der Waals surface area contributed by atoms with Gasteiger partial charge in [-0.15, -0.1) is 0 Å². The molecule has 23 heavy (non-hydrogen) atoms. The van der Waals surface area contributed by atoms with Gasteiger partial charge >= 0.3 is 0 Å². The predicted octanol–water partition coefficient (Wildman–Crippen LogP) is 2.35. The summed E-state index contributed by atoms with van der Waals surface area (Å²) in [5, 5.41) is 6.95. The second-order valence-corrected chi connectivity index (χ2v) is 7.53. The van der Waals surface area contributed by atoms with Crippen LogP contribution in [0.4, 0.5) is 0 Å². The average molecular weight is 334 g/mol. The van der Waals surface area contributed by atoms with E-state index >= 15 is 0 Å². The van der Waals surface area contributed by atoms with Crippen molar-refractivity contribution in [2.24, 2.45) is 5.14 Å². The number of benzene rings is 2. The summed E-state index contributed by atoms with van der Waals surface area (Å²) in [6.07, 6.45) is 3.60. The van der Waals surface area contributed by atoms with Crippen LogP contribution in [-0.2, 0) is 10.0 Å². The SMILES string of the molecule is NS(=O)(=O)c1ccc2ccc(OCCCN3CCCC3)cc2c1. The third-order valence-corrected chi connectivity index (χ3v) is 5.11. The van der Waals surface area contributed by atoms with Gasteiger partial charge in [-0.25, -0.2) is 13.6 Å². The summed E-state index contributed by atoms with van der Waals surface area (Å²) in [4.78, 5) is 2.58. The molecular weight excluding hydrogens is 312 g/mol. The van der Waals surface area contributed by atoms with Crippen molar-refractivity contribution in [1.82, 2.24) is 4.90 Å². The number of hydrogen-bond acceptors (Lipinski definition) is 4. The quantitative estimate of drug-likeness (QED) is 0.823. The largest absolute Gasteiger partial charge is 0.494 e. The molecule has 0 amide bonds. The van der Waals surface area contributed by atoms with Gasteiger partial charge in [0.15, 0.2) is 0 Å². The van der Waals surface area contributed by atoms with Crippen LogP contribution >= 0.6 is 0 Å². The molecule has 0 radical (unpaired) electrons. The third-order valence-electron chi connectivity index (χ3n) is 4.20. The number of nitrogens with two attached hydrogens (primary N) is 1. The number of fused-ring (bicyclic) bond motifs is 1. The lowest BCUT2D eigenvalue weighted by atomic mass is 10.1. The first kappa shape index (κ1) is 16.2. The van der Waals surface area contributed by atoms with E-state index in [4.69, 9.17) is 9.88 Å². The zero-order valence-corrected chi connectivity index (χ0v) is 13.9. The van der Waals surface area contributed by atoms with E-state index in [9.17, 15) is 8.42 Å². The Balaban J connectivity index is 1.64. The van der Waals surface area contributed by atoms with Crippen molar-refractivity contribution in [2.75, 3.05) is 26.2 Å². The minimum absolute atomic E-state index is 0.121. The van der Waals surface area contributed by atoms with E-state index < -0.39 is 10.0 Å². The minimum Gasteiger partial charge on any atom is -0.494 e. The van der Waals surface area contributed by atoms with Crippen LogP contribution in [0.2, 0.25) is 0 Å². The molecule has 1 aliphatic rings. The van der Waals surface area contributed by atoms with Gasteiger partial charge in [0.1, 0.15) is 5.75 Å². The van der Waals surface area contributed by atoms with E-state index in [-0.39, 0.29) is 4.90 Å². The van der Waals surface area contributed by atoms with Gasteiger partial charge < -0.3 is 9.64 Å². The monoisotopic (exact) mass is 334 g/mol. The van der Waals surface area contributed by atoms with Crippen molar-refractivity contribution in [3.8, 4) is 5.75 Å². The van der Waals surface area contributed by atoms with Crippen molar-refractivity contribution >= 4 is 20.8 Å². The Kier molecular flexibility index (Phi) is 4.84. The zero-order valence-electron chi connectivity index (χ0n) is 13.1. The Morgan fingerprint density at radius 3 is 2.52 bits per heavy atom. The molecule has 2 N–H and O–H groups in total. The van der Waals surface area contributed by atoms with Crippen molar-refractivity contribution < 1.29 is 13.2 Å². The van der Waals surface area contributed by atoms with Crippen LogP contribution in [0.15, 0.2) is 41.3 Å². The highest BCUT2D eigenvalue weighted by atomic mass is 32.2. The molecule has 0 bridgehead atoms. The van der Waals surface area contributed by atoms with Crippen LogP contribution in [0.3, 0.4) is 0 Å². The number of rotatable bonds is 6. The molecule has 1 aliphatic heterocycles. The Hall–Kier alpha value is -1.63. The number of nitrogens with zero attached hydrogens (tertiary/aromatic N) is 1. The summed E-state index contributed by atoms with van der Waals surface area (Å²) < 4.78 is 28.7. The van der Waals surface area contributed by atoms with Crippen molar-refractivity contribution in [3.05, 3.63) is 36.4 Å². The molecule has 1 fully saturated rings. The van der Waals surface area contributed by atoms with E-state index in [1.165, 1.54) is 32.0 Å². The lowest BCUT2D eigenvalue weighted by molar-refractivity contribution is 0.263. The van der Waals surface area contributed by atoms with E-state index in [0.717, 1.165) is 29.5 Å². The summed E-state index contributed by atoms with van der Waals surface area (Å²) >= 11 is 0. The van der Waals surface area contributed by atoms with Crippen molar-refractivity contribution in [2.45, 2.75) is 24.2 Å². The molecule has 0 spiro atoms. The standard InChI is InChI=1S/C17H22N2O3S/c18-23(20,21)17-7-5-14-4-6-16(12-15(14)13-17)22-11-3-10-19-8-1-2-9-19/h4-7,12-13H,1-3,8-11H2,(H2,18,20,21). The Labute approximate surface area is 137 Å². The van der Waals surface area contributed by atoms with Gasteiger partial charge in [-0.2, -0.15) is 0 Å². The number of sulfonamides is 1. The molecule has 0 unspecified atom stereocenters.